The summed E-state index contributed by atoms with van der Waals surface area (Å²) in [6.45, 7) is 3.67. The third kappa shape index (κ3) is 5.10. The van der Waals surface area contributed by atoms with Crippen molar-refractivity contribution in [3.8, 4) is 5.75 Å². The highest BCUT2D eigenvalue weighted by Crippen LogP contribution is 2.32. The quantitative estimate of drug-likeness (QED) is 0.445. The van der Waals surface area contributed by atoms with Crippen LogP contribution in [-0.4, -0.2) is 41.2 Å². The van der Waals surface area contributed by atoms with Crippen molar-refractivity contribution in [3.05, 3.63) is 66.0 Å². The molecule has 0 saturated carbocycles. The van der Waals surface area contributed by atoms with E-state index in [1.54, 1.807) is 6.92 Å². The number of benzene rings is 2. The number of carbonyl (C=O) groups excluding carboxylic acids is 1. The first-order valence-corrected chi connectivity index (χ1v) is 9.92. The molecule has 0 radical (unpaired) electrons. The summed E-state index contributed by atoms with van der Waals surface area (Å²) >= 11 is 6.52. The lowest BCUT2D eigenvalue weighted by molar-refractivity contribution is -0.151. The lowest BCUT2D eigenvalue weighted by Gasteiger charge is -2.41. The summed E-state index contributed by atoms with van der Waals surface area (Å²) in [5.41, 5.74) is -0.0522. The number of aliphatic hydroxyl groups is 1. The number of likely N-dealkylation sites (tertiary alicyclic amines) is 1. The lowest BCUT2D eigenvalue weighted by Crippen LogP contribution is -2.51. The van der Waals surface area contributed by atoms with Gasteiger partial charge < -0.3 is 14.7 Å². The molecule has 1 N–H and O–H groups in total. The Balaban J connectivity index is 1.53. The van der Waals surface area contributed by atoms with E-state index < -0.39 is 23.3 Å². The average Bonchev–Trinajstić information content (AvgIpc) is 2.71. The maximum absolute atomic E-state index is 13.0. The highest BCUT2D eigenvalue weighted by Gasteiger charge is 2.42. The van der Waals surface area contributed by atoms with Crippen molar-refractivity contribution < 1.29 is 19.0 Å². The number of alkyl halides is 1. The van der Waals surface area contributed by atoms with E-state index in [9.17, 15) is 14.3 Å². The van der Waals surface area contributed by atoms with E-state index in [2.05, 4.69) is 4.90 Å². The van der Waals surface area contributed by atoms with Gasteiger partial charge in [0, 0.05) is 19.6 Å². The van der Waals surface area contributed by atoms with Gasteiger partial charge in [-0.05, 0) is 49.6 Å². The predicted octanol–water partition coefficient (Wildman–Crippen LogP) is 4.17. The first kappa shape index (κ1) is 20.8. The molecule has 0 aliphatic carbocycles. The van der Waals surface area contributed by atoms with E-state index >= 15 is 0 Å². The molecule has 0 spiro atoms. The zero-order valence-corrected chi connectivity index (χ0v) is 16.6. The van der Waals surface area contributed by atoms with Crippen molar-refractivity contribution in [2.45, 2.75) is 30.7 Å². The fourth-order valence-electron chi connectivity index (χ4n) is 3.48. The monoisotopic (exact) mass is 405 g/mol. The van der Waals surface area contributed by atoms with Crippen molar-refractivity contribution in [2.24, 2.45) is 5.92 Å². The lowest BCUT2D eigenvalue weighted by atomic mass is 9.80. The van der Waals surface area contributed by atoms with Gasteiger partial charge in [0.2, 0.25) is 0 Å². The van der Waals surface area contributed by atoms with Crippen LogP contribution >= 0.6 is 11.6 Å². The Morgan fingerprint density at radius 1 is 1.18 bits per heavy atom. The molecule has 1 heterocycles. The second-order valence-electron chi connectivity index (χ2n) is 7.38. The van der Waals surface area contributed by atoms with Crippen LogP contribution in [0.1, 0.15) is 30.7 Å². The van der Waals surface area contributed by atoms with E-state index in [0.717, 1.165) is 5.56 Å². The summed E-state index contributed by atoms with van der Waals surface area (Å²) in [6.07, 6.45) is 0.927. The molecular weight excluding hydrogens is 381 g/mol. The standard InChI is InChI=1S/C22H25ClFNO3/c1-16(21(26)28-19-9-7-18(24)8-10-19)22(27)11-13-25(14-12-22)15-20(23)17-5-3-2-4-6-17/h2-10,16,20,27H,11-15H2,1H3. The molecule has 2 aromatic rings. The van der Waals surface area contributed by atoms with Gasteiger partial charge in [0.25, 0.3) is 0 Å². The normalized spacial score (nSPS) is 19.0. The van der Waals surface area contributed by atoms with E-state index in [4.69, 9.17) is 16.3 Å². The van der Waals surface area contributed by atoms with E-state index in [-0.39, 0.29) is 11.1 Å². The molecule has 2 atom stereocenters. The van der Waals surface area contributed by atoms with Crippen LogP contribution in [0.2, 0.25) is 0 Å². The van der Waals surface area contributed by atoms with Gasteiger partial charge in [0.1, 0.15) is 11.6 Å². The molecule has 150 valence electrons. The number of hydrogen-bond donors (Lipinski definition) is 1. The van der Waals surface area contributed by atoms with Gasteiger partial charge >= 0.3 is 5.97 Å². The highest BCUT2D eigenvalue weighted by molar-refractivity contribution is 6.21. The van der Waals surface area contributed by atoms with Crippen molar-refractivity contribution in [3.63, 3.8) is 0 Å². The minimum absolute atomic E-state index is 0.117. The van der Waals surface area contributed by atoms with Crippen LogP contribution in [0.3, 0.4) is 0 Å². The Kier molecular flexibility index (Phi) is 6.70. The van der Waals surface area contributed by atoms with Crippen LogP contribution in [0, 0.1) is 11.7 Å². The van der Waals surface area contributed by atoms with Crippen LogP contribution in [0.15, 0.2) is 54.6 Å². The predicted molar refractivity (Wildman–Crippen MR) is 107 cm³/mol. The molecule has 0 amide bonds. The molecular formula is C22H25ClFNO3. The topological polar surface area (TPSA) is 49.8 Å². The van der Waals surface area contributed by atoms with Crippen LogP contribution in [0.25, 0.3) is 0 Å². The number of hydrogen-bond acceptors (Lipinski definition) is 4. The van der Waals surface area contributed by atoms with Crippen molar-refractivity contribution >= 4 is 17.6 Å². The van der Waals surface area contributed by atoms with Gasteiger partial charge in [-0.3, -0.25) is 4.79 Å². The molecule has 0 bridgehead atoms. The Hall–Kier alpha value is -1.95. The number of rotatable bonds is 6. The molecule has 6 heteroatoms. The summed E-state index contributed by atoms with van der Waals surface area (Å²) in [6, 6.07) is 15.2. The first-order chi connectivity index (χ1) is 13.4. The van der Waals surface area contributed by atoms with Crippen LogP contribution in [-0.2, 0) is 4.79 Å². The number of esters is 1. The molecule has 4 nitrogen and oxygen atoms in total. The minimum atomic E-state index is -1.12. The number of nitrogens with zero attached hydrogens (tertiary/aromatic N) is 1. The smallest absolute Gasteiger partial charge is 0.316 e. The molecule has 2 unspecified atom stereocenters. The second kappa shape index (κ2) is 9.03. The van der Waals surface area contributed by atoms with E-state index in [1.165, 1.54) is 24.3 Å². The number of carbonyl (C=O) groups is 1. The molecule has 2 aromatic carbocycles. The minimum Gasteiger partial charge on any atom is -0.426 e. The Morgan fingerprint density at radius 3 is 2.39 bits per heavy atom. The fraction of sp³-hybridized carbons (Fsp3) is 0.409. The van der Waals surface area contributed by atoms with Gasteiger partial charge in [-0.2, -0.15) is 0 Å². The van der Waals surface area contributed by atoms with Crippen LogP contribution < -0.4 is 4.74 Å². The Labute approximate surface area is 169 Å². The molecule has 1 aliphatic rings. The zero-order valence-electron chi connectivity index (χ0n) is 15.9. The van der Waals surface area contributed by atoms with Gasteiger partial charge in [0.05, 0.1) is 16.9 Å². The average molecular weight is 406 g/mol. The second-order valence-corrected chi connectivity index (χ2v) is 7.91. The zero-order chi connectivity index (χ0) is 20.1. The first-order valence-electron chi connectivity index (χ1n) is 9.48. The van der Waals surface area contributed by atoms with Gasteiger partial charge in [0.15, 0.2) is 0 Å². The Morgan fingerprint density at radius 2 is 1.79 bits per heavy atom. The summed E-state index contributed by atoms with van der Waals surface area (Å²) in [4.78, 5) is 14.6. The van der Waals surface area contributed by atoms with Gasteiger partial charge in [-0.25, -0.2) is 4.39 Å². The number of ether oxygens (including phenoxy) is 1. The summed E-state index contributed by atoms with van der Waals surface area (Å²) in [5, 5.41) is 10.9. The van der Waals surface area contributed by atoms with E-state index in [0.29, 0.717) is 32.5 Å². The van der Waals surface area contributed by atoms with Gasteiger partial charge in [-0.1, -0.05) is 30.3 Å². The summed E-state index contributed by atoms with van der Waals surface area (Å²) < 4.78 is 18.3. The summed E-state index contributed by atoms with van der Waals surface area (Å²) in [7, 11) is 0. The SMILES string of the molecule is CC(C(=O)Oc1ccc(F)cc1)C1(O)CCN(CC(Cl)c2ccccc2)CC1. The fourth-order valence-corrected chi connectivity index (χ4v) is 3.82. The maximum atomic E-state index is 13.0. The van der Waals surface area contributed by atoms with Crippen molar-refractivity contribution in [2.75, 3.05) is 19.6 Å². The maximum Gasteiger partial charge on any atom is 0.316 e. The molecule has 28 heavy (non-hydrogen) atoms. The molecule has 1 saturated heterocycles. The summed E-state index contributed by atoms with van der Waals surface area (Å²) in [5.74, 6) is -1.32. The van der Waals surface area contributed by atoms with Crippen LogP contribution in [0.5, 0.6) is 5.75 Å². The largest absolute Gasteiger partial charge is 0.426 e. The Bertz CT molecular complexity index is 776. The highest BCUT2D eigenvalue weighted by atomic mass is 35.5. The van der Waals surface area contributed by atoms with Crippen molar-refractivity contribution in [1.29, 1.82) is 0 Å². The third-order valence-electron chi connectivity index (χ3n) is 5.49. The number of piperidine rings is 1. The van der Waals surface area contributed by atoms with E-state index in [1.807, 2.05) is 30.3 Å². The third-order valence-corrected chi connectivity index (χ3v) is 5.88. The molecule has 3 rings (SSSR count). The van der Waals surface area contributed by atoms with Crippen LogP contribution in [0.4, 0.5) is 4.39 Å². The number of halogens is 2. The molecule has 1 fully saturated rings. The van der Waals surface area contributed by atoms with Gasteiger partial charge in [-0.15, -0.1) is 11.6 Å². The molecule has 1 aliphatic heterocycles. The van der Waals surface area contributed by atoms with Crippen molar-refractivity contribution in [1.82, 2.24) is 4.90 Å². The molecule has 0 aromatic heterocycles.